The molecule has 0 heterocycles. The first-order chi connectivity index (χ1) is 11.4. The number of ether oxygens (including phenoxy) is 1. The number of nitrogens with one attached hydrogen (secondary N) is 1. The number of hydrogen-bond donors (Lipinski definition) is 1. The number of benzene rings is 2. The van der Waals surface area contributed by atoms with Gasteiger partial charge in [0.1, 0.15) is 11.6 Å². The van der Waals surface area contributed by atoms with Crippen LogP contribution in [-0.4, -0.2) is 12.0 Å². The Bertz CT molecular complexity index is 695. The van der Waals surface area contributed by atoms with Gasteiger partial charge in [0.15, 0.2) is 6.10 Å². The third-order valence-electron chi connectivity index (χ3n) is 3.93. The third kappa shape index (κ3) is 4.34. The van der Waals surface area contributed by atoms with Crippen LogP contribution >= 0.6 is 0 Å². The van der Waals surface area contributed by atoms with Crippen LogP contribution in [0.3, 0.4) is 0 Å². The van der Waals surface area contributed by atoms with E-state index in [1.54, 1.807) is 0 Å². The van der Waals surface area contributed by atoms with E-state index in [0.29, 0.717) is 18.1 Å². The number of rotatable bonds is 6. The van der Waals surface area contributed by atoms with Crippen LogP contribution in [0.4, 0.5) is 10.1 Å². The molecular weight excluding hydrogens is 305 g/mol. The van der Waals surface area contributed by atoms with Gasteiger partial charge in [-0.1, -0.05) is 39.0 Å². The number of aryl methyl sites for hydroxylation is 1. The predicted octanol–water partition coefficient (Wildman–Crippen LogP) is 5.05. The number of anilines is 1. The Labute approximate surface area is 142 Å². The van der Waals surface area contributed by atoms with Crippen LogP contribution in [0.1, 0.15) is 44.2 Å². The SMILES string of the molecule is CC[C@@H](Oc1ccc(F)cc1)C(=O)Nc1c(C)cccc1C(C)C. The highest BCUT2D eigenvalue weighted by molar-refractivity contribution is 5.95. The van der Waals surface area contributed by atoms with E-state index in [4.69, 9.17) is 4.74 Å². The summed E-state index contributed by atoms with van der Waals surface area (Å²) in [6, 6.07) is 11.7. The van der Waals surface area contributed by atoms with Crippen LogP contribution in [0.5, 0.6) is 5.75 Å². The summed E-state index contributed by atoms with van der Waals surface area (Å²) in [4.78, 5) is 12.6. The Morgan fingerprint density at radius 2 is 1.83 bits per heavy atom. The molecule has 0 saturated carbocycles. The molecule has 1 atom stereocenters. The van der Waals surface area contributed by atoms with Crippen molar-refractivity contribution in [1.29, 1.82) is 0 Å². The molecule has 2 rings (SSSR count). The summed E-state index contributed by atoms with van der Waals surface area (Å²) < 4.78 is 18.7. The third-order valence-corrected chi connectivity index (χ3v) is 3.93. The smallest absolute Gasteiger partial charge is 0.265 e. The summed E-state index contributed by atoms with van der Waals surface area (Å²) in [7, 11) is 0. The number of halogens is 1. The van der Waals surface area contributed by atoms with Crippen LogP contribution in [0.2, 0.25) is 0 Å². The molecule has 0 aliphatic carbocycles. The van der Waals surface area contributed by atoms with E-state index in [-0.39, 0.29) is 11.7 Å². The van der Waals surface area contributed by atoms with Crippen molar-refractivity contribution in [3.63, 3.8) is 0 Å². The van der Waals surface area contributed by atoms with Crippen molar-refractivity contribution in [2.45, 2.75) is 46.1 Å². The van der Waals surface area contributed by atoms with Crippen LogP contribution in [0.15, 0.2) is 42.5 Å². The van der Waals surface area contributed by atoms with Gasteiger partial charge in [-0.25, -0.2) is 4.39 Å². The molecule has 0 saturated heterocycles. The molecule has 0 fully saturated rings. The maximum absolute atomic E-state index is 13.0. The molecule has 3 nitrogen and oxygen atoms in total. The lowest BCUT2D eigenvalue weighted by Gasteiger charge is -2.21. The van der Waals surface area contributed by atoms with E-state index in [1.165, 1.54) is 24.3 Å². The molecule has 2 aromatic rings. The van der Waals surface area contributed by atoms with Gasteiger partial charge in [0, 0.05) is 5.69 Å². The first kappa shape index (κ1) is 18.0. The molecule has 0 aromatic heterocycles. The predicted molar refractivity (Wildman–Crippen MR) is 95.0 cm³/mol. The van der Waals surface area contributed by atoms with Crippen molar-refractivity contribution in [2.75, 3.05) is 5.32 Å². The fraction of sp³-hybridized carbons (Fsp3) is 0.350. The van der Waals surface area contributed by atoms with Crippen molar-refractivity contribution in [2.24, 2.45) is 0 Å². The second kappa shape index (κ2) is 7.95. The van der Waals surface area contributed by atoms with Gasteiger partial charge in [-0.15, -0.1) is 0 Å². The van der Waals surface area contributed by atoms with Crippen LogP contribution < -0.4 is 10.1 Å². The zero-order chi connectivity index (χ0) is 17.7. The van der Waals surface area contributed by atoms with E-state index in [2.05, 4.69) is 19.2 Å². The van der Waals surface area contributed by atoms with Crippen LogP contribution in [0, 0.1) is 12.7 Å². The van der Waals surface area contributed by atoms with Crippen molar-refractivity contribution < 1.29 is 13.9 Å². The summed E-state index contributed by atoms with van der Waals surface area (Å²) in [5.41, 5.74) is 2.96. The number of carbonyl (C=O) groups is 1. The molecule has 2 aromatic carbocycles. The van der Waals surface area contributed by atoms with Crippen molar-refractivity contribution in [3.8, 4) is 5.75 Å². The summed E-state index contributed by atoms with van der Waals surface area (Å²) in [5.74, 6) is 0.255. The van der Waals surface area contributed by atoms with Gasteiger partial charge >= 0.3 is 0 Å². The largest absolute Gasteiger partial charge is 0.481 e. The van der Waals surface area contributed by atoms with Gasteiger partial charge < -0.3 is 10.1 Å². The lowest BCUT2D eigenvalue weighted by molar-refractivity contribution is -0.122. The molecule has 4 heteroatoms. The van der Waals surface area contributed by atoms with E-state index >= 15 is 0 Å². The van der Waals surface area contributed by atoms with Crippen LogP contribution in [0.25, 0.3) is 0 Å². The van der Waals surface area contributed by atoms with Gasteiger partial charge in [-0.3, -0.25) is 4.79 Å². The van der Waals surface area contributed by atoms with Crippen molar-refractivity contribution in [3.05, 3.63) is 59.4 Å². The standard InChI is InChI=1S/C20H24FNO2/c1-5-18(24-16-11-9-15(21)10-12-16)20(23)22-19-14(4)7-6-8-17(19)13(2)3/h6-13,18H,5H2,1-4H3,(H,22,23)/t18-/m1/s1. The molecule has 0 radical (unpaired) electrons. The molecule has 0 spiro atoms. The fourth-order valence-electron chi connectivity index (χ4n) is 2.55. The Morgan fingerprint density at radius 3 is 2.42 bits per heavy atom. The second-order valence-corrected chi connectivity index (χ2v) is 6.15. The quantitative estimate of drug-likeness (QED) is 0.805. The molecule has 1 N–H and O–H groups in total. The normalized spacial score (nSPS) is 12.1. The van der Waals surface area contributed by atoms with Gasteiger partial charge in [-0.2, -0.15) is 0 Å². The summed E-state index contributed by atoms with van der Waals surface area (Å²) in [6.45, 7) is 8.05. The molecular formula is C20H24FNO2. The molecule has 1 amide bonds. The molecule has 24 heavy (non-hydrogen) atoms. The first-order valence-corrected chi connectivity index (χ1v) is 8.25. The molecule has 0 bridgehead atoms. The number of hydrogen-bond acceptors (Lipinski definition) is 2. The summed E-state index contributed by atoms with van der Waals surface area (Å²) >= 11 is 0. The van der Waals surface area contributed by atoms with Gasteiger partial charge in [-0.05, 0) is 54.7 Å². The maximum Gasteiger partial charge on any atom is 0.265 e. The van der Waals surface area contributed by atoms with Crippen molar-refractivity contribution in [1.82, 2.24) is 0 Å². The Balaban J connectivity index is 2.16. The topological polar surface area (TPSA) is 38.3 Å². The molecule has 0 aliphatic rings. The molecule has 0 aliphatic heterocycles. The van der Waals surface area contributed by atoms with E-state index in [9.17, 15) is 9.18 Å². The Hall–Kier alpha value is -2.36. The highest BCUT2D eigenvalue weighted by atomic mass is 19.1. The zero-order valence-corrected chi connectivity index (χ0v) is 14.6. The van der Waals surface area contributed by atoms with Crippen LogP contribution in [-0.2, 0) is 4.79 Å². The average Bonchev–Trinajstić information content (AvgIpc) is 2.55. The van der Waals surface area contributed by atoms with E-state index < -0.39 is 6.10 Å². The number of carbonyl (C=O) groups excluding carboxylic acids is 1. The Morgan fingerprint density at radius 1 is 1.17 bits per heavy atom. The number of amides is 1. The number of para-hydroxylation sites is 1. The molecule has 128 valence electrons. The fourth-order valence-corrected chi connectivity index (χ4v) is 2.55. The minimum atomic E-state index is -0.630. The summed E-state index contributed by atoms with van der Waals surface area (Å²) in [5, 5.41) is 3.00. The highest BCUT2D eigenvalue weighted by Gasteiger charge is 2.21. The minimum absolute atomic E-state index is 0.196. The van der Waals surface area contributed by atoms with Gasteiger partial charge in [0.25, 0.3) is 5.91 Å². The highest BCUT2D eigenvalue weighted by Crippen LogP contribution is 2.28. The zero-order valence-electron chi connectivity index (χ0n) is 14.6. The van der Waals surface area contributed by atoms with E-state index in [1.807, 2.05) is 32.0 Å². The van der Waals surface area contributed by atoms with Gasteiger partial charge in [0.05, 0.1) is 0 Å². The van der Waals surface area contributed by atoms with Crippen molar-refractivity contribution >= 4 is 11.6 Å². The van der Waals surface area contributed by atoms with E-state index in [0.717, 1.165) is 16.8 Å². The monoisotopic (exact) mass is 329 g/mol. The summed E-state index contributed by atoms with van der Waals surface area (Å²) in [6.07, 6.45) is -0.110. The maximum atomic E-state index is 13.0. The first-order valence-electron chi connectivity index (χ1n) is 8.25. The lowest BCUT2D eigenvalue weighted by atomic mass is 9.98. The Kier molecular flexibility index (Phi) is 5.96. The minimum Gasteiger partial charge on any atom is -0.481 e. The van der Waals surface area contributed by atoms with Gasteiger partial charge in [0.2, 0.25) is 0 Å². The average molecular weight is 329 g/mol. The molecule has 0 unspecified atom stereocenters. The lowest BCUT2D eigenvalue weighted by Crippen LogP contribution is -2.33. The second-order valence-electron chi connectivity index (χ2n) is 6.15.